The van der Waals surface area contributed by atoms with Gasteiger partial charge in [0.15, 0.2) is 0 Å². The number of methoxy groups -OCH3 is 1. The van der Waals surface area contributed by atoms with Gasteiger partial charge >= 0.3 is 5.97 Å². The van der Waals surface area contributed by atoms with E-state index in [-0.39, 0.29) is 17.6 Å². The van der Waals surface area contributed by atoms with Crippen molar-refractivity contribution in [2.45, 2.75) is 12.8 Å². The molecule has 0 amide bonds. The molecular weight excluding hydrogens is 320 g/mol. The zero-order valence-corrected chi connectivity index (χ0v) is 13.8. The summed E-state index contributed by atoms with van der Waals surface area (Å²) in [5.41, 5.74) is 2.97. The molecule has 1 unspecified atom stereocenters. The molecule has 0 spiro atoms. The van der Waals surface area contributed by atoms with Crippen LogP contribution >= 0.6 is 0 Å². The van der Waals surface area contributed by atoms with E-state index in [1.807, 2.05) is 30.5 Å². The number of aromatic nitrogens is 1. The Bertz CT molecular complexity index is 899. The third-order valence-electron chi connectivity index (χ3n) is 4.31. The first-order chi connectivity index (χ1) is 12.1. The molecule has 6 heteroatoms. The summed E-state index contributed by atoms with van der Waals surface area (Å²) in [6.07, 6.45) is 2.91. The number of hydrogen-bond acceptors (Lipinski definition) is 4. The largest absolute Gasteiger partial charge is 0.469 e. The van der Waals surface area contributed by atoms with Gasteiger partial charge in [0.05, 0.1) is 18.0 Å². The number of para-hydroxylation sites is 1. The zero-order valence-electron chi connectivity index (χ0n) is 13.8. The highest BCUT2D eigenvalue weighted by atomic mass is 16.6. The number of nitrogens with zero attached hydrogens (tertiary/aromatic N) is 1. The molecule has 25 heavy (non-hydrogen) atoms. The van der Waals surface area contributed by atoms with Crippen molar-refractivity contribution < 1.29 is 14.5 Å². The first kappa shape index (κ1) is 16.7. The average Bonchev–Trinajstić information content (AvgIpc) is 3.04. The fourth-order valence-corrected chi connectivity index (χ4v) is 3.01. The second kappa shape index (κ2) is 7.17. The molecule has 0 saturated heterocycles. The van der Waals surface area contributed by atoms with Crippen molar-refractivity contribution in [2.24, 2.45) is 5.92 Å². The number of carbonyl (C=O) groups excluding carboxylic acids is 1. The fraction of sp³-hybridized carbons (Fsp3) is 0.211. The first-order valence-corrected chi connectivity index (χ1v) is 7.94. The molecule has 0 aliphatic rings. The van der Waals surface area contributed by atoms with E-state index < -0.39 is 4.92 Å². The number of nitro groups is 1. The van der Waals surface area contributed by atoms with E-state index in [0.29, 0.717) is 12.8 Å². The number of H-pyrrole nitrogens is 1. The Kier molecular flexibility index (Phi) is 4.79. The summed E-state index contributed by atoms with van der Waals surface area (Å²) in [6, 6.07) is 14.2. The lowest BCUT2D eigenvalue weighted by molar-refractivity contribution is -0.384. The Hall–Kier alpha value is -3.15. The van der Waals surface area contributed by atoms with Gasteiger partial charge in [0.2, 0.25) is 0 Å². The number of fused-ring (bicyclic) bond motifs is 1. The molecule has 1 N–H and O–H groups in total. The van der Waals surface area contributed by atoms with Gasteiger partial charge in [-0.15, -0.1) is 0 Å². The van der Waals surface area contributed by atoms with Crippen LogP contribution in [-0.2, 0) is 22.4 Å². The highest BCUT2D eigenvalue weighted by Crippen LogP contribution is 2.24. The molecule has 0 fully saturated rings. The highest BCUT2D eigenvalue weighted by Gasteiger charge is 2.22. The number of carbonyl (C=O) groups is 1. The molecule has 0 saturated carbocycles. The lowest BCUT2D eigenvalue weighted by Gasteiger charge is -2.14. The van der Waals surface area contributed by atoms with Gasteiger partial charge in [0.25, 0.3) is 5.69 Å². The molecule has 3 rings (SSSR count). The molecule has 0 radical (unpaired) electrons. The van der Waals surface area contributed by atoms with Crippen molar-refractivity contribution in [2.75, 3.05) is 7.11 Å². The van der Waals surface area contributed by atoms with Crippen LogP contribution in [0.2, 0.25) is 0 Å². The number of hydrogen-bond donors (Lipinski definition) is 1. The van der Waals surface area contributed by atoms with Gasteiger partial charge in [-0.2, -0.15) is 0 Å². The van der Waals surface area contributed by atoms with Crippen molar-refractivity contribution in [3.63, 3.8) is 0 Å². The third kappa shape index (κ3) is 3.68. The minimum atomic E-state index is -0.437. The van der Waals surface area contributed by atoms with Crippen LogP contribution in [0.1, 0.15) is 11.1 Å². The molecule has 128 valence electrons. The smallest absolute Gasteiger partial charge is 0.309 e. The maximum Gasteiger partial charge on any atom is 0.309 e. The molecule has 3 aromatic rings. The van der Waals surface area contributed by atoms with E-state index >= 15 is 0 Å². The minimum absolute atomic E-state index is 0.0370. The predicted molar refractivity (Wildman–Crippen MR) is 94.3 cm³/mol. The molecule has 1 aromatic heterocycles. The molecule has 1 heterocycles. The van der Waals surface area contributed by atoms with Gasteiger partial charge in [-0.25, -0.2) is 0 Å². The van der Waals surface area contributed by atoms with Crippen LogP contribution in [0.4, 0.5) is 5.69 Å². The second-order valence-electron chi connectivity index (χ2n) is 5.91. The van der Waals surface area contributed by atoms with E-state index in [0.717, 1.165) is 22.0 Å². The van der Waals surface area contributed by atoms with Crippen molar-refractivity contribution in [1.29, 1.82) is 0 Å². The van der Waals surface area contributed by atoms with Crippen LogP contribution in [0.25, 0.3) is 10.9 Å². The summed E-state index contributed by atoms with van der Waals surface area (Å²) in [7, 11) is 1.38. The number of nitro benzene ring substituents is 1. The van der Waals surface area contributed by atoms with E-state index in [1.54, 1.807) is 12.1 Å². The van der Waals surface area contributed by atoms with Crippen molar-refractivity contribution >= 4 is 22.6 Å². The van der Waals surface area contributed by atoms with Gasteiger partial charge in [0.1, 0.15) is 0 Å². The molecule has 1 atom stereocenters. The summed E-state index contributed by atoms with van der Waals surface area (Å²) >= 11 is 0. The van der Waals surface area contributed by atoms with E-state index in [1.165, 1.54) is 19.2 Å². The fourth-order valence-electron chi connectivity index (χ4n) is 3.01. The van der Waals surface area contributed by atoms with Gasteiger partial charge in [-0.1, -0.05) is 30.3 Å². The summed E-state index contributed by atoms with van der Waals surface area (Å²) in [4.78, 5) is 25.7. The molecular formula is C19H18N2O4. The predicted octanol–water partition coefficient (Wildman–Crippen LogP) is 3.65. The zero-order chi connectivity index (χ0) is 17.8. The molecule has 0 bridgehead atoms. The lowest BCUT2D eigenvalue weighted by atomic mass is 9.92. The number of nitrogens with one attached hydrogen (secondary N) is 1. The SMILES string of the molecule is COC(=O)C(Cc1ccc([N+](=O)[O-])cc1)Cc1c[nH]c2ccccc12. The quantitative estimate of drug-likeness (QED) is 0.422. The maximum absolute atomic E-state index is 12.2. The van der Waals surface area contributed by atoms with Gasteiger partial charge < -0.3 is 9.72 Å². The maximum atomic E-state index is 12.2. The molecule has 0 aliphatic carbocycles. The standard InChI is InChI=1S/C19H18N2O4/c1-25-19(22)14(10-13-6-8-16(9-7-13)21(23)24)11-15-12-20-18-5-3-2-4-17(15)18/h2-9,12,14,20H,10-11H2,1H3. The summed E-state index contributed by atoms with van der Waals surface area (Å²) in [5, 5.41) is 11.8. The molecule has 0 aliphatic heterocycles. The van der Waals surface area contributed by atoms with E-state index in [4.69, 9.17) is 4.74 Å². The van der Waals surface area contributed by atoms with Crippen LogP contribution in [0.15, 0.2) is 54.7 Å². The van der Waals surface area contributed by atoms with E-state index in [9.17, 15) is 14.9 Å². The van der Waals surface area contributed by atoms with Crippen LogP contribution in [0.5, 0.6) is 0 Å². The number of non-ortho nitro benzene ring substituents is 1. The Morgan fingerprint density at radius 1 is 1.16 bits per heavy atom. The first-order valence-electron chi connectivity index (χ1n) is 7.94. The molecule has 2 aromatic carbocycles. The number of benzene rings is 2. The number of ether oxygens (including phenoxy) is 1. The summed E-state index contributed by atoms with van der Waals surface area (Å²) in [6.45, 7) is 0. The highest BCUT2D eigenvalue weighted by molar-refractivity contribution is 5.84. The minimum Gasteiger partial charge on any atom is -0.469 e. The van der Waals surface area contributed by atoms with Gasteiger partial charge in [-0.3, -0.25) is 14.9 Å². The van der Waals surface area contributed by atoms with Gasteiger partial charge in [0, 0.05) is 29.2 Å². The third-order valence-corrected chi connectivity index (χ3v) is 4.31. The lowest BCUT2D eigenvalue weighted by Crippen LogP contribution is -2.21. The Morgan fingerprint density at radius 2 is 1.88 bits per heavy atom. The number of aromatic amines is 1. The Balaban J connectivity index is 1.82. The number of esters is 1. The average molecular weight is 338 g/mol. The Labute approximate surface area is 144 Å². The van der Waals surface area contributed by atoms with Crippen molar-refractivity contribution in [1.82, 2.24) is 4.98 Å². The second-order valence-corrected chi connectivity index (χ2v) is 5.91. The summed E-state index contributed by atoms with van der Waals surface area (Å²) < 4.78 is 4.95. The van der Waals surface area contributed by atoms with Crippen molar-refractivity contribution in [3.05, 3.63) is 76.0 Å². The van der Waals surface area contributed by atoms with Crippen LogP contribution in [-0.4, -0.2) is 23.0 Å². The van der Waals surface area contributed by atoms with Gasteiger partial charge in [-0.05, 0) is 30.0 Å². The summed E-state index contributed by atoms with van der Waals surface area (Å²) in [5.74, 6) is -0.644. The van der Waals surface area contributed by atoms with Crippen LogP contribution < -0.4 is 0 Å². The topological polar surface area (TPSA) is 85.2 Å². The van der Waals surface area contributed by atoms with Crippen LogP contribution in [0, 0.1) is 16.0 Å². The number of rotatable bonds is 6. The normalized spacial score (nSPS) is 12.0. The van der Waals surface area contributed by atoms with E-state index in [2.05, 4.69) is 4.98 Å². The monoisotopic (exact) mass is 338 g/mol. The van der Waals surface area contributed by atoms with Crippen molar-refractivity contribution in [3.8, 4) is 0 Å². The molecule has 6 nitrogen and oxygen atoms in total. The Morgan fingerprint density at radius 3 is 2.56 bits per heavy atom. The van der Waals surface area contributed by atoms with Crippen LogP contribution in [0.3, 0.4) is 0 Å².